The maximum Gasteiger partial charge on any atom is 1.00 e. The summed E-state index contributed by atoms with van der Waals surface area (Å²) in [5.41, 5.74) is 0. The SMILES string of the molecule is C[C@@H]1CCC[C@H]1[B-](F)(F)F.C[C@H]1CCC[C@@H]1[B-](F)(F)F.[K+].[K+]. The summed E-state index contributed by atoms with van der Waals surface area (Å²) in [4.78, 5) is 0. The fourth-order valence-electron chi connectivity index (χ4n) is 3.47. The van der Waals surface area contributed by atoms with Gasteiger partial charge in [0.15, 0.2) is 0 Å². The maximum atomic E-state index is 12.1. The normalized spacial score (nSPS) is 31.6. The fraction of sp³-hybridized carbons (Fsp3) is 1.00. The zero-order valence-corrected chi connectivity index (χ0v) is 20.2. The molecule has 0 nitrogen and oxygen atoms in total. The average Bonchev–Trinajstić information content (AvgIpc) is 2.85. The van der Waals surface area contributed by atoms with Crippen LogP contribution in [0.15, 0.2) is 0 Å². The summed E-state index contributed by atoms with van der Waals surface area (Å²) < 4.78 is 72.4. The molecule has 0 spiro atoms. The molecule has 0 aromatic carbocycles. The van der Waals surface area contributed by atoms with Gasteiger partial charge in [-0.05, 0) is 0 Å². The molecule has 0 radical (unpaired) electrons. The monoisotopic (exact) mass is 380 g/mol. The van der Waals surface area contributed by atoms with Gasteiger partial charge < -0.3 is 25.9 Å². The van der Waals surface area contributed by atoms with Gasteiger partial charge in [0.25, 0.3) is 0 Å². The van der Waals surface area contributed by atoms with Crippen molar-refractivity contribution >= 4 is 14.0 Å². The molecule has 0 N–H and O–H groups in total. The predicted octanol–water partition coefficient (Wildman–Crippen LogP) is 0.0560. The Labute approximate surface area is 214 Å². The minimum atomic E-state index is -4.55. The van der Waals surface area contributed by atoms with Crippen molar-refractivity contribution in [3.05, 3.63) is 0 Å². The van der Waals surface area contributed by atoms with E-state index in [0.717, 1.165) is 25.7 Å². The van der Waals surface area contributed by atoms with E-state index >= 15 is 0 Å². The standard InChI is InChI=1S/2C6H11BF3.2K/c2*1-5-3-2-4-6(5)7(8,9)10;;/h2*5-6H,2-4H2,1H3;;/q2*-1;2*+1/t2*5-,6-;;/m10../s1. The third-order valence-electron chi connectivity index (χ3n) is 4.83. The van der Waals surface area contributed by atoms with Crippen molar-refractivity contribution in [1.29, 1.82) is 0 Å². The van der Waals surface area contributed by atoms with E-state index in [1.807, 2.05) is 0 Å². The van der Waals surface area contributed by atoms with Crippen molar-refractivity contribution in [2.24, 2.45) is 11.8 Å². The van der Waals surface area contributed by atoms with Crippen molar-refractivity contribution < 1.29 is 129 Å². The van der Waals surface area contributed by atoms with E-state index in [-0.39, 0.29) is 115 Å². The van der Waals surface area contributed by atoms with Crippen molar-refractivity contribution in [2.45, 2.75) is 64.0 Å². The van der Waals surface area contributed by atoms with Crippen LogP contribution in [0.5, 0.6) is 0 Å². The van der Waals surface area contributed by atoms with Crippen molar-refractivity contribution in [2.75, 3.05) is 0 Å². The van der Waals surface area contributed by atoms with Gasteiger partial charge in [-0.3, -0.25) is 0 Å². The van der Waals surface area contributed by atoms with Gasteiger partial charge in [0, 0.05) is 0 Å². The molecular formula is C12H22B2F6K2. The largest absolute Gasteiger partial charge is 1.00 e. The molecule has 10 heteroatoms. The average molecular weight is 380 g/mol. The second-order valence-electron chi connectivity index (χ2n) is 6.39. The van der Waals surface area contributed by atoms with Crippen molar-refractivity contribution in [1.82, 2.24) is 0 Å². The molecule has 120 valence electrons. The molecule has 0 aliphatic heterocycles. The fourth-order valence-corrected chi connectivity index (χ4v) is 3.47. The predicted molar refractivity (Wildman–Crippen MR) is 71.7 cm³/mol. The molecule has 2 aliphatic carbocycles. The molecule has 0 saturated heterocycles. The zero-order valence-electron chi connectivity index (χ0n) is 14.0. The van der Waals surface area contributed by atoms with E-state index < -0.39 is 25.6 Å². The second-order valence-corrected chi connectivity index (χ2v) is 6.39. The molecule has 2 saturated carbocycles. The van der Waals surface area contributed by atoms with Gasteiger partial charge in [0.05, 0.1) is 0 Å². The zero-order chi connectivity index (χ0) is 15.6. The van der Waals surface area contributed by atoms with Crippen molar-refractivity contribution in [3.8, 4) is 0 Å². The molecule has 0 bridgehead atoms. The molecule has 0 aromatic rings. The van der Waals surface area contributed by atoms with E-state index in [0.29, 0.717) is 12.8 Å². The summed E-state index contributed by atoms with van der Waals surface area (Å²) in [6, 6.07) is 0. The number of hydrogen-bond donors (Lipinski definition) is 0. The quantitative estimate of drug-likeness (QED) is 0.470. The summed E-state index contributed by atoms with van der Waals surface area (Å²) in [6.45, 7) is -5.70. The van der Waals surface area contributed by atoms with Crippen LogP contribution in [0.4, 0.5) is 25.9 Å². The molecule has 2 aliphatic rings. The Morgan fingerprint density at radius 2 is 0.864 bits per heavy atom. The molecule has 2 fully saturated rings. The van der Waals surface area contributed by atoms with E-state index in [1.54, 1.807) is 13.8 Å². The first-order valence-electron chi connectivity index (χ1n) is 7.43. The Morgan fingerprint density at radius 1 is 0.591 bits per heavy atom. The van der Waals surface area contributed by atoms with Gasteiger partial charge in [-0.1, -0.05) is 75.8 Å². The van der Waals surface area contributed by atoms with Crippen LogP contribution >= 0.6 is 0 Å². The van der Waals surface area contributed by atoms with Gasteiger partial charge in [-0.15, -0.1) is 0 Å². The molecule has 0 unspecified atom stereocenters. The number of rotatable bonds is 2. The molecule has 22 heavy (non-hydrogen) atoms. The van der Waals surface area contributed by atoms with Gasteiger partial charge in [-0.2, -0.15) is 0 Å². The third-order valence-corrected chi connectivity index (χ3v) is 4.83. The Bertz CT molecular complexity index is 281. The van der Waals surface area contributed by atoms with Crippen LogP contribution in [0.25, 0.3) is 0 Å². The second kappa shape index (κ2) is 11.6. The molecule has 0 amide bonds. The maximum absolute atomic E-state index is 12.1. The summed E-state index contributed by atoms with van der Waals surface area (Å²) in [7, 11) is 0. The summed E-state index contributed by atoms with van der Waals surface area (Å²) >= 11 is 0. The minimum Gasteiger partial charge on any atom is -0.449 e. The number of halogens is 6. The molecule has 0 heterocycles. The number of hydrogen-bond acceptors (Lipinski definition) is 0. The third kappa shape index (κ3) is 9.08. The Kier molecular flexibility index (Phi) is 14.4. The van der Waals surface area contributed by atoms with Crippen LogP contribution in [0.1, 0.15) is 52.4 Å². The first kappa shape index (κ1) is 27.2. The smallest absolute Gasteiger partial charge is 0.449 e. The van der Waals surface area contributed by atoms with E-state index in [9.17, 15) is 25.9 Å². The first-order chi connectivity index (χ1) is 9.03. The summed E-state index contributed by atoms with van der Waals surface area (Å²) in [5.74, 6) is -2.17. The summed E-state index contributed by atoms with van der Waals surface area (Å²) in [5, 5.41) is 0. The van der Waals surface area contributed by atoms with Gasteiger partial charge >= 0.3 is 117 Å². The van der Waals surface area contributed by atoms with Crippen LogP contribution in [0.3, 0.4) is 0 Å². The van der Waals surface area contributed by atoms with Gasteiger partial charge in [0.1, 0.15) is 0 Å². The van der Waals surface area contributed by atoms with E-state index in [1.165, 1.54) is 0 Å². The van der Waals surface area contributed by atoms with Crippen molar-refractivity contribution in [3.63, 3.8) is 0 Å². The van der Waals surface area contributed by atoms with Crippen LogP contribution in [0, 0.1) is 11.8 Å². The van der Waals surface area contributed by atoms with Crippen LogP contribution in [0.2, 0.25) is 11.6 Å². The molecular weight excluding hydrogens is 358 g/mol. The van der Waals surface area contributed by atoms with Crippen LogP contribution in [-0.4, -0.2) is 14.0 Å². The first-order valence-corrected chi connectivity index (χ1v) is 7.43. The minimum absolute atomic E-state index is 0. The molecule has 0 aromatic heterocycles. The van der Waals surface area contributed by atoms with Crippen LogP contribution in [-0.2, 0) is 0 Å². The van der Waals surface area contributed by atoms with E-state index in [2.05, 4.69) is 0 Å². The summed E-state index contributed by atoms with van der Waals surface area (Å²) in [6.07, 6.45) is 3.76. The molecule has 2 rings (SSSR count). The van der Waals surface area contributed by atoms with Gasteiger partial charge in [-0.25, -0.2) is 0 Å². The Hall–Kier alpha value is 2.98. The Balaban J connectivity index is 0. The van der Waals surface area contributed by atoms with Gasteiger partial charge in [0.2, 0.25) is 0 Å². The topological polar surface area (TPSA) is 0 Å². The van der Waals surface area contributed by atoms with Crippen LogP contribution < -0.4 is 103 Å². The Morgan fingerprint density at radius 3 is 0.955 bits per heavy atom. The van der Waals surface area contributed by atoms with E-state index in [4.69, 9.17) is 0 Å². The molecule has 4 atom stereocenters.